The number of carbonyl (C=O) groups is 1. The van der Waals surface area contributed by atoms with E-state index in [9.17, 15) is 4.79 Å². The zero-order valence-electron chi connectivity index (χ0n) is 8.27. The van der Waals surface area contributed by atoms with Gasteiger partial charge in [-0.25, -0.2) is 0 Å². The van der Waals surface area contributed by atoms with Crippen molar-refractivity contribution in [2.75, 3.05) is 0 Å². The summed E-state index contributed by atoms with van der Waals surface area (Å²) in [4.78, 5) is 15.0. The third-order valence-electron chi connectivity index (χ3n) is 1.68. The maximum absolute atomic E-state index is 11.0. The van der Waals surface area contributed by atoms with Gasteiger partial charge in [0.1, 0.15) is 0 Å². The number of hydrogen-bond acceptors (Lipinski definition) is 5. The highest BCUT2D eigenvalue weighted by Gasteiger charge is 2.08. The van der Waals surface area contributed by atoms with Crippen LogP contribution >= 0.6 is 11.3 Å². The summed E-state index contributed by atoms with van der Waals surface area (Å²) in [6, 6.07) is 1.76. The number of Topliss-reactive ketones (excluding diaryl/α,β-unsaturated/α-hetero) is 1. The molecule has 2 aromatic rings. The van der Waals surface area contributed by atoms with Crippen LogP contribution in [-0.2, 0) is 0 Å². The Bertz CT molecular complexity index is 489. The second-order valence-electron chi connectivity index (χ2n) is 3.04. The van der Waals surface area contributed by atoms with Gasteiger partial charge >= 0.3 is 0 Å². The van der Waals surface area contributed by atoms with Crippen LogP contribution in [0, 0.1) is 6.92 Å². The Labute approximate surface area is 90.1 Å². The second kappa shape index (κ2) is 3.82. The molecular weight excluding hydrogens is 214 g/mol. The Kier molecular flexibility index (Phi) is 2.51. The minimum Gasteiger partial charge on any atom is -0.418 e. The first-order chi connectivity index (χ1) is 7.15. The lowest BCUT2D eigenvalue weighted by atomic mass is 10.5. The van der Waals surface area contributed by atoms with Crippen LogP contribution in [0.3, 0.4) is 0 Å². The topological polar surface area (TPSA) is 67.9 Å². The molecule has 0 spiro atoms. The largest absolute Gasteiger partial charge is 0.418 e. The van der Waals surface area contributed by atoms with Gasteiger partial charge < -0.3 is 4.74 Å². The summed E-state index contributed by atoms with van der Waals surface area (Å²) >= 11 is 1.26. The fraction of sp³-hybridized carbons (Fsp3) is 0.222. The molecular formula is C9H9N3O2S. The van der Waals surface area contributed by atoms with Crippen LogP contribution in [0.4, 0.5) is 0 Å². The lowest BCUT2D eigenvalue weighted by Crippen LogP contribution is -1.90. The maximum Gasteiger partial charge on any atom is 0.240 e. The number of H-pyrrole nitrogens is 1. The average Bonchev–Trinajstić information content (AvgIpc) is 2.76. The van der Waals surface area contributed by atoms with Crippen LogP contribution in [0.15, 0.2) is 11.4 Å². The Hall–Kier alpha value is -1.69. The average molecular weight is 223 g/mol. The van der Waals surface area contributed by atoms with E-state index in [1.165, 1.54) is 18.3 Å². The molecule has 2 heterocycles. The quantitative estimate of drug-likeness (QED) is 0.810. The molecule has 6 heteroatoms. The van der Waals surface area contributed by atoms with Crippen molar-refractivity contribution in [3.8, 4) is 11.8 Å². The smallest absolute Gasteiger partial charge is 0.240 e. The highest BCUT2D eigenvalue weighted by molar-refractivity contribution is 7.11. The van der Waals surface area contributed by atoms with Crippen molar-refractivity contribution >= 4 is 17.1 Å². The minimum atomic E-state index is -0.0620. The van der Waals surface area contributed by atoms with Crippen molar-refractivity contribution in [2.45, 2.75) is 13.8 Å². The molecule has 0 fully saturated rings. The Morgan fingerprint density at radius 3 is 2.87 bits per heavy atom. The van der Waals surface area contributed by atoms with E-state index >= 15 is 0 Å². The molecule has 15 heavy (non-hydrogen) atoms. The first-order valence-corrected chi connectivity index (χ1v) is 5.19. The van der Waals surface area contributed by atoms with E-state index in [4.69, 9.17) is 4.74 Å². The molecule has 2 aromatic heterocycles. The number of thiazole rings is 1. The van der Waals surface area contributed by atoms with Gasteiger partial charge in [-0.05, 0) is 6.92 Å². The van der Waals surface area contributed by atoms with Crippen molar-refractivity contribution in [3.05, 3.63) is 22.1 Å². The molecule has 2 rings (SSSR count). The second-order valence-corrected chi connectivity index (χ2v) is 3.90. The summed E-state index contributed by atoms with van der Waals surface area (Å²) in [5.41, 5.74) is 0.909. The monoisotopic (exact) mass is 223 g/mol. The van der Waals surface area contributed by atoms with Crippen molar-refractivity contribution in [2.24, 2.45) is 0 Å². The molecule has 0 bridgehead atoms. The summed E-state index contributed by atoms with van der Waals surface area (Å²) in [5, 5.41) is 8.77. The number of rotatable bonds is 3. The molecule has 0 atom stereocenters. The van der Waals surface area contributed by atoms with Crippen LogP contribution in [0.25, 0.3) is 0 Å². The van der Waals surface area contributed by atoms with Crippen LogP contribution in [-0.4, -0.2) is 21.0 Å². The van der Waals surface area contributed by atoms with Crippen molar-refractivity contribution < 1.29 is 9.53 Å². The number of hydrogen-bond donors (Lipinski definition) is 1. The first-order valence-electron chi connectivity index (χ1n) is 4.31. The molecule has 5 nitrogen and oxygen atoms in total. The van der Waals surface area contributed by atoms with Gasteiger partial charge in [0.2, 0.25) is 11.8 Å². The molecule has 0 aliphatic rings. The van der Waals surface area contributed by atoms with Crippen LogP contribution < -0.4 is 4.74 Å². The summed E-state index contributed by atoms with van der Waals surface area (Å²) in [6.07, 6.45) is 0. The number of ether oxygens (including phenoxy) is 1. The van der Waals surface area contributed by atoms with E-state index in [0.29, 0.717) is 16.8 Å². The van der Waals surface area contributed by atoms with Crippen LogP contribution in [0.2, 0.25) is 0 Å². The summed E-state index contributed by atoms with van der Waals surface area (Å²) in [5.74, 6) is 0.790. The van der Waals surface area contributed by atoms with Crippen molar-refractivity contribution in [1.29, 1.82) is 0 Å². The van der Waals surface area contributed by atoms with Gasteiger partial charge in [0.05, 0.1) is 5.38 Å². The third kappa shape index (κ3) is 2.21. The highest BCUT2D eigenvalue weighted by atomic mass is 32.1. The number of nitrogens with one attached hydrogen (secondary N) is 1. The lowest BCUT2D eigenvalue weighted by Gasteiger charge is -1.94. The molecule has 0 saturated heterocycles. The number of ketones is 1. The Balaban J connectivity index is 2.14. The van der Waals surface area contributed by atoms with Gasteiger partial charge in [-0.3, -0.25) is 9.89 Å². The van der Waals surface area contributed by atoms with Gasteiger partial charge in [0.25, 0.3) is 0 Å². The van der Waals surface area contributed by atoms with E-state index in [1.807, 2.05) is 6.92 Å². The van der Waals surface area contributed by atoms with Crippen LogP contribution in [0.1, 0.15) is 22.4 Å². The predicted molar refractivity (Wildman–Crippen MR) is 55.5 cm³/mol. The van der Waals surface area contributed by atoms with E-state index in [0.717, 1.165) is 5.69 Å². The molecule has 0 amide bonds. The SMILES string of the molecule is CC(=O)c1nc(Oc2cc(C)[nH]n2)cs1. The molecule has 0 aliphatic heterocycles. The van der Waals surface area contributed by atoms with Gasteiger partial charge in [0, 0.05) is 18.7 Å². The van der Waals surface area contributed by atoms with E-state index in [2.05, 4.69) is 15.2 Å². The molecule has 78 valence electrons. The van der Waals surface area contributed by atoms with Crippen molar-refractivity contribution in [1.82, 2.24) is 15.2 Å². The van der Waals surface area contributed by atoms with Crippen molar-refractivity contribution in [3.63, 3.8) is 0 Å². The summed E-state index contributed by atoms with van der Waals surface area (Å²) in [7, 11) is 0. The molecule has 1 N–H and O–H groups in total. The fourth-order valence-electron chi connectivity index (χ4n) is 1.02. The number of aromatic amines is 1. The summed E-state index contributed by atoms with van der Waals surface area (Å²) < 4.78 is 5.33. The summed E-state index contributed by atoms with van der Waals surface area (Å²) in [6.45, 7) is 3.35. The van der Waals surface area contributed by atoms with Gasteiger partial charge in [-0.2, -0.15) is 4.98 Å². The Morgan fingerprint density at radius 2 is 2.33 bits per heavy atom. The van der Waals surface area contributed by atoms with Gasteiger partial charge in [-0.1, -0.05) is 0 Å². The maximum atomic E-state index is 11.0. The number of aromatic nitrogens is 3. The van der Waals surface area contributed by atoms with Gasteiger partial charge in [0.15, 0.2) is 10.8 Å². The minimum absolute atomic E-state index is 0.0620. The highest BCUT2D eigenvalue weighted by Crippen LogP contribution is 2.22. The molecule has 0 radical (unpaired) electrons. The van der Waals surface area contributed by atoms with E-state index in [-0.39, 0.29) is 5.78 Å². The standard InChI is InChI=1S/C9H9N3O2S/c1-5-3-7(12-11-5)14-8-4-15-9(10-8)6(2)13/h3-4H,1-2H3,(H,11,12). The Morgan fingerprint density at radius 1 is 1.53 bits per heavy atom. The molecule has 0 aliphatic carbocycles. The zero-order chi connectivity index (χ0) is 10.8. The third-order valence-corrected chi connectivity index (χ3v) is 2.60. The zero-order valence-corrected chi connectivity index (χ0v) is 9.09. The lowest BCUT2D eigenvalue weighted by molar-refractivity contribution is 0.101. The fourth-order valence-corrected chi connectivity index (χ4v) is 1.64. The van der Waals surface area contributed by atoms with E-state index in [1.54, 1.807) is 11.4 Å². The number of carbonyl (C=O) groups excluding carboxylic acids is 1. The normalized spacial score (nSPS) is 10.3. The molecule has 0 saturated carbocycles. The number of aryl methyl sites for hydroxylation is 1. The van der Waals surface area contributed by atoms with Crippen LogP contribution in [0.5, 0.6) is 11.8 Å². The number of nitrogens with zero attached hydrogens (tertiary/aromatic N) is 2. The molecule has 0 aromatic carbocycles. The van der Waals surface area contributed by atoms with E-state index < -0.39 is 0 Å². The van der Waals surface area contributed by atoms with Gasteiger partial charge in [-0.15, -0.1) is 16.4 Å². The first kappa shape index (κ1) is 9.85. The molecule has 0 unspecified atom stereocenters. The predicted octanol–water partition coefficient (Wildman–Crippen LogP) is 2.17.